The number of carboxylic acids is 1. The number of pyridine rings is 1. The average molecular weight is 192 g/mol. The van der Waals surface area contributed by atoms with E-state index in [4.69, 9.17) is 10.8 Å². The van der Waals surface area contributed by atoms with E-state index in [1.807, 2.05) is 18.2 Å². The van der Waals surface area contributed by atoms with Gasteiger partial charge in [-0.1, -0.05) is 6.07 Å². The second-order valence-corrected chi connectivity index (χ2v) is 3.69. The minimum Gasteiger partial charge on any atom is -0.480 e. The molecule has 0 spiro atoms. The molecule has 0 bridgehead atoms. The van der Waals surface area contributed by atoms with Crippen molar-refractivity contribution in [2.45, 2.75) is 24.3 Å². The fourth-order valence-electron chi connectivity index (χ4n) is 1.75. The Hall–Kier alpha value is -1.42. The maximum absolute atomic E-state index is 10.8. The van der Waals surface area contributed by atoms with E-state index in [-0.39, 0.29) is 0 Å². The maximum Gasteiger partial charge on any atom is 0.321 e. The van der Waals surface area contributed by atoms with Crippen molar-refractivity contribution in [2.24, 2.45) is 5.73 Å². The van der Waals surface area contributed by atoms with Crippen molar-refractivity contribution in [3.05, 3.63) is 30.1 Å². The van der Waals surface area contributed by atoms with Crippen molar-refractivity contribution in [1.82, 2.24) is 4.98 Å². The van der Waals surface area contributed by atoms with Crippen LogP contribution in [0.25, 0.3) is 0 Å². The third-order valence-corrected chi connectivity index (χ3v) is 2.83. The lowest BCUT2D eigenvalue weighted by Crippen LogP contribution is -2.42. The number of hydrogen-bond acceptors (Lipinski definition) is 3. The molecular weight excluding hydrogens is 180 g/mol. The summed E-state index contributed by atoms with van der Waals surface area (Å²) in [6.07, 6.45) is 3.30. The Morgan fingerprint density at radius 3 is 2.71 bits per heavy atom. The van der Waals surface area contributed by atoms with Crippen LogP contribution in [0.1, 0.15) is 18.5 Å². The SMILES string of the molecule is NC(C(=O)O)C1(c2ccccn2)CC1. The van der Waals surface area contributed by atoms with Crippen LogP contribution in [-0.4, -0.2) is 22.1 Å². The van der Waals surface area contributed by atoms with Crippen molar-refractivity contribution in [3.8, 4) is 0 Å². The third kappa shape index (κ3) is 1.28. The summed E-state index contributed by atoms with van der Waals surface area (Å²) in [6, 6.07) is 4.68. The molecule has 1 aromatic rings. The van der Waals surface area contributed by atoms with E-state index < -0.39 is 17.4 Å². The molecule has 1 saturated carbocycles. The van der Waals surface area contributed by atoms with E-state index in [9.17, 15) is 4.79 Å². The Labute approximate surface area is 81.8 Å². The van der Waals surface area contributed by atoms with Gasteiger partial charge in [-0.15, -0.1) is 0 Å². The van der Waals surface area contributed by atoms with Crippen molar-refractivity contribution in [2.75, 3.05) is 0 Å². The minimum absolute atomic E-state index is 0.410. The molecular formula is C10H12N2O2. The van der Waals surface area contributed by atoms with Crippen LogP contribution in [-0.2, 0) is 10.2 Å². The van der Waals surface area contributed by atoms with Crippen molar-refractivity contribution in [1.29, 1.82) is 0 Å². The zero-order valence-electron chi connectivity index (χ0n) is 7.68. The molecule has 1 aromatic heterocycles. The number of carbonyl (C=O) groups is 1. The monoisotopic (exact) mass is 192 g/mol. The highest BCUT2D eigenvalue weighted by molar-refractivity contribution is 5.76. The lowest BCUT2D eigenvalue weighted by Gasteiger charge is -2.18. The quantitative estimate of drug-likeness (QED) is 0.732. The number of carboxylic acid groups (broad SMARTS) is 1. The zero-order chi connectivity index (χ0) is 10.2. The third-order valence-electron chi connectivity index (χ3n) is 2.83. The summed E-state index contributed by atoms with van der Waals surface area (Å²) in [5.41, 5.74) is 6.04. The van der Waals surface area contributed by atoms with Crippen LogP contribution >= 0.6 is 0 Å². The van der Waals surface area contributed by atoms with Crippen LogP contribution in [0.3, 0.4) is 0 Å². The van der Waals surface area contributed by atoms with E-state index in [1.165, 1.54) is 0 Å². The van der Waals surface area contributed by atoms with E-state index in [1.54, 1.807) is 6.20 Å². The van der Waals surface area contributed by atoms with Crippen LogP contribution in [0.5, 0.6) is 0 Å². The van der Waals surface area contributed by atoms with Gasteiger partial charge in [-0.05, 0) is 25.0 Å². The molecule has 74 valence electrons. The number of nitrogens with zero attached hydrogens (tertiary/aromatic N) is 1. The summed E-state index contributed by atoms with van der Waals surface area (Å²) >= 11 is 0. The molecule has 0 aliphatic heterocycles. The number of hydrogen-bond donors (Lipinski definition) is 2. The van der Waals surface area contributed by atoms with Crippen molar-refractivity contribution >= 4 is 5.97 Å². The van der Waals surface area contributed by atoms with E-state index in [0.717, 1.165) is 18.5 Å². The predicted octanol–water partition coefficient (Wildman–Crippen LogP) is 0.525. The lowest BCUT2D eigenvalue weighted by molar-refractivity contribution is -0.139. The fourth-order valence-corrected chi connectivity index (χ4v) is 1.75. The first-order valence-corrected chi connectivity index (χ1v) is 4.57. The summed E-state index contributed by atoms with van der Waals surface area (Å²) in [7, 11) is 0. The summed E-state index contributed by atoms with van der Waals surface area (Å²) < 4.78 is 0. The van der Waals surface area contributed by atoms with Gasteiger partial charge in [0.05, 0.1) is 0 Å². The molecule has 4 heteroatoms. The Morgan fingerprint density at radius 1 is 1.57 bits per heavy atom. The first-order chi connectivity index (χ1) is 6.67. The largest absolute Gasteiger partial charge is 0.480 e. The van der Waals surface area contributed by atoms with Crippen molar-refractivity contribution in [3.63, 3.8) is 0 Å². The Bertz CT molecular complexity index is 346. The zero-order valence-corrected chi connectivity index (χ0v) is 7.68. The summed E-state index contributed by atoms with van der Waals surface area (Å²) in [4.78, 5) is 15.0. The van der Waals surface area contributed by atoms with E-state index in [2.05, 4.69) is 4.98 Å². The highest BCUT2D eigenvalue weighted by Crippen LogP contribution is 2.49. The molecule has 1 heterocycles. The van der Waals surface area contributed by atoms with Gasteiger partial charge in [-0.3, -0.25) is 9.78 Å². The molecule has 3 N–H and O–H groups in total. The fraction of sp³-hybridized carbons (Fsp3) is 0.400. The average Bonchev–Trinajstić information content (AvgIpc) is 2.99. The number of aromatic nitrogens is 1. The molecule has 2 rings (SSSR count). The molecule has 0 saturated heterocycles. The number of nitrogens with two attached hydrogens (primary N) is 1. The van der Waals surface area contributed by atoms with Gasteiger partial charge < -0.3 is 10.8 Å². The molecule has 0 aromatic carbocycles. The summed E-state index contributed by atoms with van der Waals surface area (Å²) in [6.45, 7) is 0. The molecule has 4 nitrogen and oxygen atoms in total. The van der Waals surface area contributed by atoms with E-state index in [0.29, 0.717) is 0 Å². The highest BCUT2D eigenvalue weighted by atomic mass is 16.4. The predicted molar refractivity (Wildman–Crippen MR) is 50.8 cm³/mol. The number of rotatable bonds is 3. The molecule has 0 amide bonds. The minimum atomic E-state index is -0.951. The van der Waals surface area contributed by atoms with Gasteiger partial charge in [0.2, 0.25) is 0 Å². The Morgan fingerprint density at radius 2 is 2.29 bits per heavy atom. The molecule has 1 atom stereocenters. The van der Waals surface area contributed by atoms with Gasteiger partial charge in [0.15, 0.2) is 0 Å². The molecule has 1 unspecified atom stereocenters. The van der Waals surface area contributed by atoms with Crippen LogP contribution in [0.15, 0.2) is 24.4 Å². The van der Waals surface area contributed by atoms with Crippen LogP contribution in [0.4, 0.5) is 0 Å². The maximum atomic E-state index is 10.8. The van der Waals surface area contributed by atoms with E-state index >= 15 is 0 Å². The van der Waals surface area contributed by atoms with Gasteiger partial charge in [0, 0.05) is 17.3 Å². The summed E-state index contributed by atoms with van der Waals surface area (Å²) in [5.74, 6) is -0.951. The smallest absolute Gasteiger partial charge is 0.321 e. The van der Waals surface area contributed by atoms with Gasteiger partial charge in [0.1, 0.15) is 6.04 Å². The Balaban J connectivity index is 2.30. The second-order valence-electron chi connectivity index (χ2n) is 3.69. The summed E-state index contributed by atoms with van der Waals surface area (Å²) in [5, 5.41) is 8.87. The standard InChI is InChI=1S/C10H12N2O2/c11-8(9(13)14)10(4-5-10)7-3-1-2-6-12-7/h1-3,6,8H,4-5,11H2,(H,13,14). The van der Waals surface area contributed by atoms with Gasteiger partial charge in [-0.2, -0.15) is 0 Å². The van der Waals surface area contributed by atoms with Gasteiger partial charge >= 0.3 is 5.97 Å². The number of aliphatic carboxylic acids is 1. The molecule has 0 radical (unpaired) electrons. The first-order valence-electron chi connectivity index (χ1n) is 4.57. The normalized spacial score (nSPS) is 20.1. The lowest BCUT2D eigenvalue weighted by atomic mass is 9.93. The van der Waals surface area contributed by atoms with Crippen LogP contribution in [0, 0.1) is 0 Å². The second kappa shape index (κ2) is 3.06. The molecule has 1 fully saturated rings. The topological polar surface area (TPSA) is 76.2 Å². The van der Waals surface area contributed by atoms with Crippen molar-refractivity contribution < 1.29 is 9.90 Å². The Kier molecular flexibility index (Phi) is 2.00. The molecule has 1 aliphatic rings. The van der Waals surface area contributed by atoms with Crippen LogP contribution < -0.4 is 5.73 Å². The highest BCUT2D eigenvalue weighted by Gasteiger charge is 2.53. The molecule has 14 heavy (non-hydrogen) atoms. The molecule has 1 aliphatic carbocycles. The van der Waals surface area contributed by atoms with Gasteiger partial charge in [-0.25, -0.2) is 0 Å². The van der Waals surface area contributed by atoms with Crippen LogP contribution in [0.2, 0.25) is 0 Å². The first kappa shape index (κ1) is 9.15. The van der Waals surface area contributed by atoms with Gasteiger partial charge in [0.25, 0.3) is 0 Å².